The van der Waals surface area contributed by atoms with Crippen molar-refractivity contribution in [1.29, 1.82) is 0 Å². The zero-order valence-corrected chi connectivity index (χ0v) is 11.6. The lowest BCUT2D eigenvalue weighted by Crippen LogP contribution is -2.55. The van der Waals surface area contributed by atoms with E-state index in [1.54, 1.807) is 6.92 Å². The Morgan fingerprint density at radius 1 is 1.52 bits per heavy atom. The first-order valence-corrected chi connectivity index (χ1v) is 6.69. The summed E-state index contributed by atoms with van der Waals surface area (Å²) in [6, 6.07) is 2.41. The quantitative estimate of drug-likeness (QED) is 0.852. The third kappa shape index (κ3) is 3.30. The van der Waals surface area contributed by atoms with Gasteiger partial charge >= 0.3 is 0 Å². The van der Waals surface area contributed by atoms with E-state index in [0.29, 0.717) is 13.2 Å². The third-order valence-corrected chi connectivity index (χ3v) is 3.23. The van der Waals surface area contributed by atoms with Gasteiger partial charge in [0.05, 0.1) is 18.8 Å². The smallest absolute Gasteiger partial charge is 0.258 e. The molecule has 1 aliphatic rings. The van der Waals surface area contributed by atoms with E-state index >= 15 is 0 Å². The Labute approximate surface area is 121 Å². The number of rotatable bonds is 3. The van der Waals surface area contributed by atoms with Crippen molar-refractivity contribution in [2.24, 2.45) is 0 Å². The molecule has 0 radical (unpaired) electrons. The average Bonchev–Trinajstić information content (AvgIpc) is 2.47. The van der Waals surface area contributed by atoms with Crippen molar-refractivity contribution in [1.82, 2.24) is 10.2 Å². The molecule has 0 bridgehead atoms. The minimum atomic E-state index is -0.754. The molecule has 1 aliphatic heterocycles. The Balaban J connectivity index is 2.24. The van der Waals surface area contributed by atoms with Crippen molar-refractivity contribution >= 4 is 11.8 Å². The molecule has 0 saturated carbocycles. The number of nitrogens with one attached hydrogen (secondary N) is 1. The van der Waals surface area contributed by atoms with Crippen molar-refractivity contribution < 1.29 is 23.8 Å². The van der Waals surface area contributed by atoms with E-state index in [-0.39, 0.29) is 24.6 Å². The van der Waals surface area contributed by atoms with Crippen LogP contribution in [0.2, 0.25) is 0 Å². The molecule has 2 amide bonds. The van der Waals surface area contributed by atoms with E-state index in [4.69, 9.17) is 4.74 Å². The van der Waals surface area contributed by atoms with Crippen LogP contribution < -0.4 is 5.32 Å². The lowest BCUT2D eigenvalue weighted by atomic mass is 10.1. The van der Waals surface area contributed by atoms with Crippen molar-refractivity contribution in [3.63, 3.8) is 0 Å². The first kappa shape index (κ1) is 15.2. The standard InChI is InChI=1S/C14H17FN2O4/c1-2-16-13(19)11-8-21-6-5-17(11)14(20)10-4-3-9(15)7-12(10)18/h3-4,7,11,18H,2,5-6,8H2,1H3,(H,16,19). The molecule has 1 fully saturated rings. The minimum absolute atomic E-state index is 0.0346. The van der Waals surface area contributed by atoms with Gasteiger partial charge in [0.15, 0.2) is 0 Å². The first-order valence-electron chi connectivity index (χ1n) is 6.69. The molecule has 1 aromatic carbocycles. The minimum Gasteiger partial charge on any atom is -0.507 e. The molecule has 7 heteroatoms. The number of likely N-dealkylation sites (N-methyl/N-ethyl adjacent to an activating group) is 1. The van der Waals surface area contributed by atoms with E-state index in [1.807, 2.05) is 0 Å². The van der Waals surface area contributed by atoms with Gasteiger partial charge < -0.3 is 20.1 Å². The molecule has 1 saturated heterocycles. The molecular formula is C14H17FN2O4. The summed E-state index contributed by atoms with van der Waals surface area (Å²) >= 11 is 0. The Kier molecular flexibility index (Phi) is 4.74. The highest BCUT2D eigenvalue weighted by Crippen LogP contribution is 2.22. The average molecular weight is 296 g/mol. The van der Waals surface area contributed by atoms with Gasteiger partial charge in [-0.15, -0.1) is 0 Å². The zero-order chi connectivity index (χ0) is 15.4. The number of ether oxygens (including phenoxy) is 1. The lowest BCUT2D eigenvalue weighted by Gasteiger charge is -2.34. The number of phenols is 1. The van der Waals surface area contributed by atoms with E-state index in [0.717, 1.165) is 12.1 Å². The summed E-state index contributed by atoms with van der Waals surface area (Å²) in [5.74, 6) is -1.91. The summed E-state index contributed by atoms with van der Waals surface area (Å²) in [4.78, 5) is 25.8. The third-order valence-electron chi connectivity index (χ3n) is 3.23. The number of amides is 2. The first-order chi connectivity index (χ1) is 10.0. The summed E-state index contributed by atoms with van der Waals surface area (Å²) in [5.41, 5.74) is -0.0346. The Bertz CT molecular complexity index is 550. The predicted molar refractivity (Wildman–Crippen MR) is 72.4 cm³/mol. The van der Waals surface area contributed by atoms with E-state index < -0.39 is 23.5 Å². The number of aromatic hydroxyl groups is 1. The van der Waals surface area contributed by atoms with Crippen LogP contribution in [0.3, 0.4) is 0 Å². The fraction of sp³-hybridized carbons (Fsp3) is 0.429. The molecule has 1 unspecified atom stereocenters. The van der Waals surface area contributed by atoms with Crippen LogP contribution in [-0.4, -0.2) is 54.2 Å². The van der Waals surface area contributed by atoms with Crippen LogP contribution in [-0.2, 0) is 9.53 Å². The van der Waals surface area contributed by atoms with Crippen molar-refractivity contribution in [3.8, 4) is 5.75 Å². The maximum Gasteiger partial charge on any atom is 0.258 e. The summed E-state index contributed by atoms with van der Waals surface area (Å²) in [7, 11) is 0. The van der Waals surface area contributed by atoms with Gasteiger partial charge in [0, 0.05) is 19.2 Å². The highest BCUT2D eigenvalue weighted by molar-refractivity contribution is 5.99. The van der Waals surface area contributed by atoms with Gasteiger partial charge in [0.2, 0.25) is 5.91 Å². The second kappa shape index (κ2) is 6.53. The number of morpholine rings is 1. The summed E-state index contributed by atoms with van der Waals surface area (Å²) < 4.78 is 18.2. The zero-order valence-electron chi connectivity index (χ0n) is 11.6. The van der Waals surface area contributed by atoms with Gasteiger partial charge in [-0.1, -0.05) is 0 Å². The van der Waals surface area contributed by atoms with Crippen LogP contribution in [0.15, 0.2) is 18.2 Å². The molecule has 1 atom stereocenters. The van der Waals surface area contributed by atoms with Gasteiger partial charge in [0.25, 0.3) is 5.91 Å². The molecule has 0 aliphatic carbocycles. The van der Waals surface area contributed by atoms with Gasteiger partial charge in [0.1, 0.15) is 17.6 Å². The molecule has 0 aromatic heterocycles. The van der Waals surface area contributed by atoms with Crippen molar-refractivity contribution in [2.75, 3.05) is 26.3 Å². The van der Waals surface area contributed by atoms with Crippen LogP contribution in [0.1, 0.15) is 17.3 Å². The number of nitrogens with zero attached hydrogens (tertiary/aromatic N) is 1. The Hall–Kier alpha value is -2.15. The SMILES string of the molecule is CCNC(=O)C1COCCN1C(=O)c1ccc(F)cc1O. The number of hydrogen-bond acceptors (Lipinski definition) is 4. The van der Waals surface area contributed by atoms with Crippen molar-refractivity contribution in [2.45, 2.75) is 13.0 Å². The molecule has 2 N–H and O–H groups in total. The van der Waals surface area contributed by atoms with Crippen LogP contribution in [0.4, 0.5) is 4.39 Å². The van der Waals surface area contributed by atoms with Gasteiger partial charge in [-0.25, -0.2) is 4.39 Å². The largest absolute Gasteiger partial charge is 0.507 e. The molecule has 0 spiro atoms. The summed E-state index contributed by atoms with van der Waals surface area (Å²) in [5, 5.41) is 12.3. The number of carbonyl (C=O) groups excluding carboxylic acids is 2. The number of benzene rings is 1. The second-order valence-electron chi connectivity index (χ2n) is 4.65. The normalized spacial score (nSPS) is 18.4. The topological polar surface area (TPSA) is 78.9 Å². The summed E-state index contributed by atoms with van der Waals surface area (Å²) in [6.07, 6.45) is 0. The molecule has 1 heterocycles. The van der Waals surface area contributed by atoms with E-state index in [2.05, 4.69) is 5.32 Å². The maximum absolute atomic E-state index is 13.0. The van der Waals surface area contributed by atoms with Crippen LogP contribution >= 0.6 is 0 Å². The molecule has 1 aromatic rings. The molecular weight excluding hydrogens is 279 g/mol. The number of phenolic OH excluding ortho intramolecular Hbond substituents is 1. The maximum atomic E-state index is 13.0. The highest BCUT2D eigenvalue weighted by Gasteiger charge is 2.34. The Morgan fingerprint density at radius 3 is 2.95 bits per heavy atom. The van der Waals surface area contributed by atoms with E-state index in [9.17, 15) is 19.1 Å². The molecule has 114 valence electrons. The van der Waals surface area contributed by atoms with Gasteiger partial charge in [-0.3, -0.25) is 9.59 Å². The predicted octanol–water partition coefficient (Wildman–Crippen LogP) is 0.508. The van der Waals surface area contributed by atoms with Crippen molar-refractivity contribution in [3.05, 3.63) is 29.6 Å². The van der Waals surface area contributed by atoms with E-state index in [1.165, 1.54) is 11.0 Å². The highest BCUT2D eigenvalue weighted by atomic mass is 19.1. The lowest BCUT2D eigenvalue weighted by molar-refractivity contribution is -0.130. The van der Waals surface area contributed by atoms with Crippen LogP contribution in [0.5, 0.6) is 5.75 Å². The van der Waals surface area contributed by atoms with Gasteiger partial charge in [-0.2, -0.15) is 0 Å². The van der Waals surface area contributed by atoms with Gasteiger partial charge in [-0.05, 0) is 19.1 Å². The fourth-order valence-electron chi connectivity index (χ4n) is 2.20. The summed E-state index contributed by atoms with van der Waals surface area (Å²) in [6.45, 7) is 2.86. The number of hydrogen-bond donors (Lipinski definition) is 2. The number of halogens is 1. The molecule has 6 nitrogen and oxygen atoms in total. The monoisotopic (exact) mass is 296 g/mol. The number of carbonyl (C=O) groups is 2. The van der Waals surface area contributed by atoms with Crippen LogP contribution in [0, 0.1) is 5.82 Å². The Morgan fingerprint density at radius 2 is 2.29 bits per heavy atom. The molecule has 2 rings (SSSR count). The second-order valence-corrected chi connectivity index (χ2v) is 4.65. The van der Waals surface area contributed by atoms with Crippen LogP contribution in [0.25, 0.3) is 0 Å². The fourth-order valence-corrected chi connectivity index (χ4v) is 2.20. The molecule has 21 heavy (non-hydrogen) atoms.